The Morgan fingerprint density at radius 1 is 1.24 bits per heavy atom. The van der Waals surface area contributed by atoms with E-state index in [0.717, 1.165) is 12.1 Å². The molecule has 0 bridgehead atoms. The zero-order chi connectivity index (χ0) is 17.6. The molecule has 0 spiro atoms. The van der Waals surface area contributed by atoms with Crippen molar-refractivity contribution < 1.29 is 14.3 Å². The second-order valence-corrected chi connectivity index (χ2v) is 6.74. The Morgan fingerprint density at radius 2 is 2.08 bits per heavy atom. The van der Waals surface area contributed by atoms with Crippen molar-refractivity contribution in [3.63, 3.8) is 0 Å². The Balaban J connectivity index is 1.52. The fourth-order valence-corrected chi connectivity index (χ4v) is 3.52. The summed E-state index contributed by atoms with van der Waals surface area (Å²) in [6.45, 7) is 1.73. The van der Waals surface area contributed by atoms with E-state index in [9.17, 15) is 9.59 Å². The van der Waals surface area contributed by atoms with Gasteiger partial charge in [0.15, 0.2) is 0 Å². The van der Waals surface area contributed by atoms with Crippen LogP contribution in [0.5, 0.6) is 5.75 Å². The molecule has 1 aliphatic rings. The molecule has 2 aromatic rings. The molecule has 3 amide bonds. The fraction of sp³-hybridized carbons (Fsp3) is 0.333. The fourth-order valence-electron chi connectivity index (χ4n) is 2.81. The number of carbonyl (C=O) groups excluding carboxylic acids is 2. The number of methoxy groups -OCH3 is 1. The highest BCUT2D eigenvalue weighted by Crippen LogP contribution is 2.30. The maximum atomic E-state index is 12.6. The SMILES string of the molecule is COc1ccccc1N1CCN(CC(=O)NCCc2cccs2)C1=O. The molecule has 0 radical (unpaired) electrons. The molecule has 1 saturated heterocycles. The summed E-state index contributed by atoms with van der Waals surface area (Å²) in [5.41, 5.74) is 0.732. The Morgan fingerprint density at radius 3 is 2.84 bits per heavy atom. The first-order chi connectivity index (χ1) is 12.2. The third-order valence-corrected chi connectivity index (χ3v) is 5.02. The predicted octanol–water partition coefficient (Wildman–Crippen LogP) is 2.36. The van der Waals surface area contributed by atoms with E-state index in [0.29, 0.717) is 25.4 Å². The molecule has 0 unspecified atom stereocenters. The standard InChI is InChI=1S/C18H21N3O3S/c1-24-16-7-3-2-6-15(16)21-11-10-20(18(21)23)13-17(22)19-9-8-14-5-4-12-25-14/h2-7,12H,8-11,13H2,1H3,(H,19,22). The Bertz CT molecular complexity index is 733. The van der Waals surface area contributed by atoms with Crippen LogP contribution in [-0.2, 0) is 11.2 Å². The van der Waals surface area contributed by atoms with Crippen molar-refractivity contribution in [2.75, 3.05) is 38.2 Å². The summed E-state index contributed by atoms with van der Waals surface area (Å²) in [5.74, 6) is 0.518. The van der Waals surface area contributed by atoms with Crippen LogP contribution in [0.15, 0.2) is 41.8 Å². The van der Waals surface area contributed by atoms with E-state index in [1.54, 1.807) is 28.2 Å². The van der Waals surface area contributed by atoms with Crippen LogP contribution in [0.2, 0.25) is 0 Å². The monoisotopic (exact) mass is 359 g/mol. The summed E-state index contributed by atoms with van der Waals surface area (Å²) in [5, 5.41) is 4.90. The largest absolute Gasteiger partial charge is 0.495 e. The molecular formula is C18H21N3O3S. The topological polar surface area (TPSA) is 61.9 Å². The van der Waals surface area contributed by atoms with Gasteiger partial charge in [0.25, 0.3) is 0 Å². The molecule has 1 aromatic heterocycles. The van der Waals surface area contributed by atoms with Crippen molar-refractivity contribution in [2.45, 2.75) is 6.42 Å². The molecule has 1 aliphatic heterocycles. The number of urea groups is 1. The van der Waals surface area contributed by atoms with Gasteiger partial charge in [-0.05, 0) is 30.0 Å². The van der Waals surface area contributed by atoms with Gasteiger partial charge in [-0.15, -0.1) is 11.3 Å². The van der Waals surface area contributed by atoms with Gasteiger partial charge in [0, 0.05) is 24.5 Å². The molecule has 1 fully saturated rings. The van der Waals surface area contributed by atoms with Gasteiger partial charge in [0.2, 0.25) is 5.91 Å². The molecule has 1 N–H and O–H groups in total. The molecular weight excluding hydrogens is 338 g/mol. The maximum absolute atomic E-state index is 12.6. The average molecular weight is 359 g/mol. The summed E-state index contributed by atoms with van der Waals surface area (Å²) in [4.78, 5) is 29.1. The lowest BCUT2D eigenvalue weighted by Crippen LogP contribution is -2.40. The number of thiophene rings is 1. The van der Waals surface area contributed by atoms with E-state index in [1.807, 2.05) is 41.8 Å². The Kier molecular flexibility index (Phi) is 5.55. The summed E-state index contributed by atoms with van der Waals surface area (Å²) in [7, 11) is 1.58. The number of nitrogens with one attached hydrogen (secondary N) is 1. The minimum atomic E-state index is -0.169. The first-order valence-corrected chi connectivity index (χ1v) is 9.05. The second kappa shape index (κ2) is 8.02. The molecule has 3 rings (SSSR count). The van der Waals surface area contributed by atoms with Gasteiger partial charge >= 0.3 is 6.03 Å². The van der Waals surface area contributed by atoms with Gasteiger partial charge in [-0.25, -0.2) is 4.79 Å². The van der Waals surface area contributed by atoms with Crippen LogP contribution < -0.4 is 15.0 Å². The summed E-state index contributed by atoms with van der Waals surface area (Å²) >= 11 is 1.67. The van der Waals surface area contributed by atoms with Crippen molar-refractivity contribution >= 4 is 29.0 Å². The van der Waals surface area contributed by atoms with Crippen molar-refractivity contribution in [3.8, 4) is 5.75 Å². The van der Waals surface area contributed by atoms with Crippen molar-refractivity contribution in [2.24, 2.45) is 0 Å². The van der Waals surface area contributed by atoms with Crippen molar-refractivity contribution in [3.05, 3.63) is 46.7 Å². The first-order valence-electron chi connectivity index (χ1n) is 8.17. The van der Waals surface area contributed by atoms with Gasteiger partial charge in [-0.2, -0.15) is 0 Å². The third-order valence-electron chi connectivity index (χ3n) is 4.08. The number of hydrogen-bond acceptors (Lipinski definition) is 4. The van der Waals surface area contributed by atoms with Gasteiger partial charge in [0.1, 0.15) is 12.3 Å². The molecule has 2 heterocycles. The summed E-state index contributed by atoms with van der Waals surface area (Å²) < 4.78 is 5.32. The smallest absolute Gasteiger partial charge is 0.325 e. The lowest BCUT2D eigenvalue weighted by Gasteiger charge is -2.20. The average Bonchev–Trinajstić information content (AvgIpc) is 3.26. The minimum Gasteiger partial charge on any atom is -0.495 e. The lowest BCUT2D eigenvalue weighted by atomic mass is 10.2. The van der Waals surface area contributed by atoms with Crippen LogP contribution in [0.1, 0.15) is 4.88 Å². The number of ether oxygens (including phenoxy) is 1. The van der Waals surface area contributed by atoms with E-state index < -0.39 is 0 Å². The molecule has 0 atom stereocenters. The van der Waals surface area contributed by atoms with Crippen LogP contribution in [0.25, 0.3) is 0 Å². The minimum absolute atomic E-state index is 0.0783. The molecule has 0 saturated carbocycles. The molecule has 6 nitrogen and oxygen atoms in total. The number of anilines is 1. The van der Waals surface area contributed by atoms with Crippen molar-refractivity contribution in [1.82, 2.24) is 10.2 Å². The number of hydrogen-bond donors (Lipinski definition) is 1. The first kappa shape index (κ1) is 17.3. The third kappa shape index (κ3) is 4.11. The highest BCUT2D eigenvalue weighted by Gasteiger charge is 2.32. The van der Waals surface area contributed by atoms with Crippen molar-refractivity contribution in [1.29, 1.82) is 0 Å². The number of para-hydroxylation sites is 2. The van der Waals surface area contributed by atoms with Crippen LogP contribution in [0.4, 0.5) is 10.5 Å². The summed E-state index contributed by atoms with van der Waals surface area (Å²) in [6, 6.07) is 11.3. The molecule has 7 heteroatoms. The van der Waals surface area contributed by atoms with Gasteiger partial charge in [0.05, 0.1) is 12.8 Å². The van der Waals surface area contributed by atoms with E-state index >= 15 is 0 Å². The van der Waals surface area contributed by atoms with Crippen LogP contribution in [0, 0.1) is 0 Å². The van der Waals surface area contributed by atoms with E-state index in [2.05, 4.69) is 5.32 Å². The van der Waals surface area contributed by atoms with Crippen LogP contribution in [0.3, 0.4) is 0 Å². The van der Waals surface area contributed by atoms with Gasteiger partial charge < -0.3 is 15.0 Å². The number of nitrogens with zero attached hydrogens (tertiary/aromatic N) is 2. The number of benzene rings is 1. The second-order valence-electron chi connectivity index (χ2n) is 5.71. The highest BCUT2D eigenvalue weighted by molar-refractivity contribution is 7.09. The van der Waals surface area contributed by atoms with E-state index in [1.165, 1.54) is 4.88 Å². The van der Waals surface area contributed by atoms with Gasteiger partial charge in [-0.1, -0.05) is 18.2 Å². The molecule has 0 aliphatic carbocycles. The summed E-state index contributed by atoms with van der Waals surface area (Å²) in [6.07, 6.45) is 0.810. The van der Waals surface area contributed by atoms with Gasteiger partial charge in [-0.3, -0.25) is 9.69 Å². The Labute approximate surface area is 151 Å². The highest BCUT2D eigenvalue weighted by atomic mass is 32.1. The van der Waals surface area contributed by atoms with E-state index in [-0.39, 0.29) is 18.5 Å². The molecule has 1 aromatic carbocycles. The zero-order valence-electron chi connectivity index (χ0n) is 14.1. The zero-order valence-corrected chi connectivity index (χ0v) is 14.9. The molecule has 25 heavy (non-hydrogen) atoms. The van der Waals surface area contributed by atoms with E-state index in [4.69, 9.17) is 4.74 Å². The van der Waals surface area contributed by atoms with Crippen LogP contribution >= 0.6 is 11.3 Å². The quantitative estimate of drug-likeness (QED) is 0.825. The molecule has 132 valence electrons. The lowest BCUT2D eigenvalue weighted by molar-refractivity contribution is -0.121. The maximum Gasteiger partial charge on any atom is 0.325 e. The number of carbonyl (C=O) groups is 2. The number of amides is 3. The predicted molar refractivity (Wildman–Crippen MR) is 98.3 cm³/mol. The number of rotatable bonds is 7. The normalized spacial score (nSPS) is 14.0. The van der Waals surface area contributed by atoms with Crippen LogP contribution in [-0.4, -0.2) is 50.1 Å². The Hall–Kier alpha value is -2.54.